The van der Waals surface area contributed by atoms with Crippen LogP contribution in [0.1, 0.15) is 21.5 Å². The Bertz CT molecular complexity index is 1140. The zero-order valence-electron chi connectivity index (χ0n) is 16.4. The fraction of sp³-hybridized carbons (Fsp3) is 0.136. The molecule has 0 atom stereocenters. The highest BCUT2D eigenvalue weighted by Gasteiger charge is 2.16. The summed E-state index contributed by atoms with van der Waals surface area (Å²) in [6, 6.07) is 19.1. The van der Waals surface area contributed by atoms with Gasteiger partial charge < -0.3 is 5.32 Å². The van der Waals surface area contributed by atoms with Crippen LogP contribution < -0.4 is 10.0 Å². The van der Waals surface area contributed by atoms with E-state index >= 15 is 0 Å². The number of para-hydroxylation sites is 1. The quantitative estimate of drug-likeness (QED) is 0.539. The number of carbonyl (C=O) groups excluding carboxylic acids is 1. The largest absolute Gasteiger partial charge is 0.321 e. The highest BCUT2D eigenvalue weighted by Crippen LogP contribution is 2.26. The summed E-state index contributed by atoms with van der Waals surface area (Å²) in [6.45, 7) is 3.66. The number of nitrogens with one attached hydrogen (secondary N) is 2. The predicted molar refractivity (Wildman–Crippen MR) is 119 cm³/mol. The zero-order valence-corrected chi connectivity index (χ0v) is 18.0. The number of aryl methyl sites for hydroxylation is 2. The third kappa shape index (κ3) is 4.99. The molecule has 1 amide bonds. The van der Waals surface area contributed by atoms with Crippen LogP contribution in [0.3, 0.4) is 0 Å². The molecular formula is C22H22N2O3S2. The number of hydrogen-bond acceptors (Lipinski definition) is 4. The number of carbonyl (C=O) groups is 1. The van der Waals surface area contributed by atoms with Crippen molar-refractivity contribution in [1.29, 1.82) is 0 Å². The van der Waals surface area contributed by atoms with Gasteiger partial charge >= 0.3 is 0 Å². The molecule has 150 valence electrons. The SMILES string of the molecule is CSc1ccccc1NC(=O)c1ccc(NS(=O)(=O)c2ccc(C)cc2)c(C)c1. The van der Waals surface area contributed by atoms with Crippen molar-refractivity contribution in [2.75, 3.05) is 16.3 Å². The molecule has 0 spiro atoms. The minimum atomic E-state index is -3.70. The van der Waals surface area contributed by atoms with Crippen LogP contribution in [0.25, 0.3) is 0 Å². The van der Waals surface area contributed by atoms with Gasteiger partial charge in [0.25, 0.3) is 15.9 Å². The zero-order chi connectivity index (χ0) is 21.0. The van der Waals surface area contributed by atoms with E-state index in [0.717, 1.165) is 16.1 Å². The summed E-state index contributed by atoms with van der Waals surface area (Å²) < 4.78 is 27.8. The highest BCUT2D eigenvalue weighted by molar-refractivity contribution is 7.98. The van der Waals surface area contributed by atoms with Crippen molar-refractivity contribution in [2.24, 2.45) is 0 Å². The molecule has 29 heavy (non-hydrogen) atoms. The first-order valence-electron chi connectivity index (χ1n) is 8.94. The molecule has 0 saturated heterocycles. The first-order chi connectivity index (χ1) is 13.8. The molecule has 0 heterocycles. The van der Waals surface area contributed by atoms with Crippen molar-refractivity contribution in [3.8, 4) is 0 Å². The van der Waals surface area contributed by atoms with Crippen molar-refractivity contribution in [1.82, 2.24) is 0 Å². The Labute approximate surface area is 175 Å². The van der Waals surface area contributed by atoms with Crippen molar-refractivity contribution in [2.45, 2.75) is 23.6 Å². The van der Waals surface area contributed by atoms with E-state index in [1.54, 1.807) is 61.2 Å². The van der Waals surface area contributed by atoms with Gasteiger partial charge in [-0.25, -0.2) is 8.42 Å². The van der Waals surface area contributed by atoms with Gasteiger partial charge in [-0.1, -0.05) is 29.8 Å². The summed E-state index contributed by atoms with van der Waals surface area (Å²) in [5, 5.41) is 2.91. The molecule has 0 aliphatic heterocycles. The molecule has 0 fully saturated rings. The van der Waals surface area contributed by atoms with Crippen molar-refractivity contribution < 1.29 is 13.2 Å². The molecule has 5 nitrogen and oxygen atoms in total. The topological polar surface area (TPSA) is 75.3 Å². The molecular weight excluding hydrogens is 404 g/mol. The fourth-order valence-electron chi connectivity index (χ4n) is 2.78. The van der Waals surface area contributed by atoms with E-state index in [1.807, 2.05) is 37.4 Å². The Kier molecular flexibility index (Phi) is 6.30. The Hall–Kier alpha value is -2.77. The van der Waals surface area contributed by atoms with Crippen LogP contribution in [0.2, 0.25) is 0 Å². The standard InChI is InChI=1S/C22H22N2O3S2/c1-15-8-11-18(12-9-15)29(26,27)24-19-13-10-17(14-16(19)2)22(25)23-20-6-4-5-7-21(20)28-3/h4-14,24H,1-3H3,(H,23,25). The number of benzene rings is 3. The molecule has 0 unspecified atom stereocenters. The predicted octanol–water partition coefficient (Wildman–Crippen LogP) is 5.08. The van der Waals surface area contributed by atoms with Gasteiger partial charge in [-0.15, -0.1) is 11.8 Å². The maximum Gasteiger partial charge on any atom is 0.261 e. The molecule has 2 N–H and O–H groups in total. The average molecular weight is 427 g/mol. The second kappa shape index (κ2) is 8.71. The number of sulfonamides is 1. The Morgan fingerprint density at radius 2 is 1.59 bits per heavy atom. The minimum absolute atomic E-state index is 0.193. The molecule has 0 bridgehead atoms. The van der Waals surface area contributed by atoms with Crippen molar-refractivity contribution >= 4 is 39.1 Å². The molecule has 0 aliphatic rings. The molecule has 3 rings (SSSR count). The van der Waals surface area contributed by atoms with Gasteiger partial charge in [0.1, 0.15) is 0 Å². The van der Waals surface area contributed by atoms with Gasteiger partial charge in [-0.3, -0.25) is 9.52 Å². The van der Waals surface area contributed by atoms with Crippen LogP contribution in [0.4, 0.5) is 11.4 Å². The monoisotopic (exact) mass is 426 g/mol. The fourth-order valence-corrected chi connectivity index (χ4v) is 4.47. The lowest BCUT2D eigenvalue weighted by molar-refractivity contribution is 0.102. The summed E-state index contributed by atoms with van der Waals surface area (Å²) in [5.41, 5.74) is 3.28. The van der Waals surface area contributed by atoms with Crippen molar-refractivity contribution in [3.05, 3.63) is 83.4 Å². The van der Waals surface area contributed by atoms with Crippen molar-refractivity contribution in [3.63, 3.8) is 0 Å². The molecule has 0 radical (unpaired) electrons. The van der Waals surface area contributed by atoms with E-state index in [4.69, 9.17) is 0 Å². The average Bonchev–Trinajstić information content (AvgIpc) is 2.70. The summed E-state index contributed by atoms with van der Waals surface area (Å²) in [5.74, 6) is -0.248. The van der Waals surface area contributed by atoms with Crippen LogP contribution in [-0.4, -0.2) is 20.6 Å². The molecule has 0 aromatic heterocycles. The van der Waals surface area contributed by atoms with E-state index in [9.17, 15) is 13.2 Å². The van der Waals surface area contributed by atoms with Crippen LogP contribution in [0, 0.1) is 13.8 Å². The first-order valence-corrected chi connectivity index (χ1v) is 11.7. The molecule has 0 saturated carbocycles. The third-order valence-corrected chi connectivity index (χ3v) is 6.60. The molecule has 7 heteroatoms. The Morgan fingerprint density at radius 3 is 2.24 bits per heavy atom. The van der Waals surface area contributed by atoms with E-state index in [1.165, 1.54) is 0 Å². The number of anilines is 2. The van der Waals surface area contributed by atoms with Crippen LogP contribution in [-0.2, 0) is 10.0 Å². The number of rotatable bonds is 6. The second-order valence-corrected chi connectivity index (χ2v) is 9.13. The lowest BCUT2D eigenvalue weighted by Gasteiger charge is -2.13. The summed E-state index contributed by atoms with van der Waals surface area (Å²) in [7, 11) is -3.70. The maximum atomic E-state index is 12.6. The van der Waals surface area contributed by atoms with Gasteiger partial charge in [0.15, 0.2) is 0 Å². The third-order valence-electron chi connectivity index (χ3n) is 4.42. The summed E-state index contributed by atoms with van der Waals surface area (Å²) in [6.07, 6.45) is 1.95. The molecule has 0 aliphatic carbocycles. The van der Waals surface area contributed by atoms with Gasteiger partial charge in [0.2, 0.25) is 0 Å². The highest BCUT2D eigenvalue weighted by atomic mass is 32.2. The summed E-state index contributed by atoms with van der Waals surface area (Å²) >= 11 is 1.55. The number of amides is 1. The number of hydrogen-bond donors (Lipinski definition) is 2. The van der Waals surface area contributed by atoms with E-state index in [0.29, 0.717) is 16.8 Å². The number of thioether (sulfide) groups is 1. The normalized spacial score (nSPS) is 11.1. The minimum Gasteiger partial charge on any atom is -0.321 e. The second-order valence-electron chi connectivity index (χ2n) is 6.60. The van der Waals surface area contributed by atoms with Crippen LogP contribution in [0.15, 0.2) is 76.5 Å². The lowest BCUT2D eigenvalue weighted by Crippen LogP contribution is -2.15. The van der Waals surface area contributed by atoms with Gasteiger partial charge in [-0.05, 0) is 68.1 Å². The lowest BCUT2D eigenvalue weighted by atomic mass is 10.1. The van der Waals surface area contributed by atoms with E-state index < -0.39 is 10.0 Å². The van der Waals surface area contributed by atoms with E-state index in [-0.39, 0.29) is 10.8 Å². The van der Waals surface area contributed by atoms with E-state index in [2.05, 4.69) is 10.0 Å². The van der Waals surface area contributed by atoms with Crippen LogP contribution >= 0.6 is 11.8 Å². The smallest absolute Gasteiger partial charge is 0.261 e. The summed E-state index contributed by atoms with van der Waals surface area (Å²) in [4.78, 5) is 13.8. The van der Waals surface area contributed by atoms with Gasteiger partial charge in [-0.2, -0.15) is 0 Å². The molecule has 3 aromatic rings. The van der Waals surface area contributed by atoms with Crippen LogP contribution in [0.5, 0.6) is 0 Å². The Balaban J connectivity index is 1.79. The first kappa shape index (κ1) is 21.0. The maximum absolute atomic E-state index is 12.6. The van der Waals surface area contributed by atoms with Gasteiger partial charge in [0.05, 0.1) is 16.3 Å². The molecule has 3 aromatic carbocycles. The van der Waals surface area contributed by atoms with Gasteiger partial charge in [0, 0.05) is 10.5 Å². The Morgan fingerprint density at radius 1 is 0.897 bits per heavy atom.